The Bertz CT molecular complexity index is 1380. The maximum atomic E-state index is 5.01. The maximum Gasteiger partial charge on any atom is 0.293 e. The van der Waals surface area contributed by atoms with Crippen LogP contribution in [0.5, 0.6) is 0 Å². The van der Waals surface area contributed by atoms with Crippen LogP contribution in [-0.2, 0) is 12.7 Å². The average molecular weight is 342 g/mol. The fraction of sp³-hybridized carbons (Fsp3) is 0.238. The first-order valence-electron chi connectivity index (χ1n) is 8.99. The third kappa shape index (κ3) is 1.37. The molecule has 3 aromatic heterocycles. The highest BCUT2D eigenvalue weighted by Crippen LogP contribution is 2.43. The van der Waals surface area contributed by atoms with Crippen molar-refractivity contribution in [3.63, 3.8) is 0 Å². The Kier molecular flexibility index (Phi) is 2.27. The second-order valence-corrected chi connectivity index (χ2v) is 7.79. The Balaban J connectivity index is 1.98. The van der Waals surface area contributed by atoms with E-state index >= 15 is 0 Å². The molecular weight excluding hydrogens is 322 g/mol. The molecule has 1 aliphatic heterocycles. The van der Waals surface area contributed by atoms with Crippen LogP contribution in [-0.4, -0.2) is 18.5 Å². The molecular formula is C21H20N5+. The molecule has 0 radical (unpaired) electrons. The second-order valence-electron chi connectivity index (χ2n) is 7.79. The quantitative estimate of drug-likeness (QED) is 0.396. The third-order valence-corrected chi connectivity index (χ3v) is 5.93. The zero-order chi connectivity index (χ0) is 17.8. The fourth-order valence-corrected chi connectivity index (χ4v) is 4.71. The molecule has 5 heteroatoms. The topological polar surface area (TPSA) is 31.0 Å². The smallest absolute Gasteiger partial charge is 0.276 e. The van der Waals surface area contributed by atoms with Crippen molar-refractivity contribution in [3.8, 4) is 11.4 Å². The van der Waals surface area contributed by atoms with Gasteiger partial charge in [-0.2, -0.15) is 0 Å². The van der Waals surface area contributed by atoms with E-state index < -0.39 is 0 Å². The lowest BCUT2D eigenvalue weighted by molar-refractivity contribution is -0.660. The van der Waals surface area contributed by atoms with E-state index in [9.17, 15) is 0 Å². The van der Waals surface area contributed by atoms with Crippen molar-refractivity contribution >= 4 is 27.8 Å². The van der Waals surface area contributed by atoms with Crippen LogP contribution < -0.4 is 4.57 Å². The number of aromatic nitrogens is 5. The van der Waals surface area contributed by atoms with Gasteiger partial charge in [0.25, 0.3) is 5.82 Å². The van der Waals surface area contributed by atoms with Crippen molar-refractivity contribution in [2.24, 2.45) is 7.05 Å². The summed E-state index contributed by atoms with van der Waals surface area (Å²) in [5.41, 5.74) is 7.02. The number of para-hydroxylation sites is 2. The summed E-state index contributed by atoms with van der Waals surface area (Å²) < 4.78 is 9.29. The molecule has 5 nitrogen and oxygen atoms in total. The van der Waals surface area contributed by atoms with Gasteiger partial charge in [0.2, 0.25) is 5.78 Å². The zero-order valence-electron chi connectivity index (χ0n) is 15.4. The van der Waals surface area contributed by atoms with Crippen LogP contribution in [0.3, 0.4) is 0 Å². The molecule has 0 N–H and O–H groups in total. The Morgan fingerprint density at radius 2 is 1.85 bits per heavy atom. The van der Waals surface area contributed by atoms with Crippen LogP contribution in [0.1, 0.15) is 19.4 Å². The largest absolute Gasteiger partial charge is 0.293 e. The van der Waals surface area contributed by atoms with E-state index in [4.69, 9.17) is 4.98 Å². The van der Waals surface area contributed by atoms with Gasteiger partial charge in [-0.1, -0.05) is 18.2 Å². The van der Waals surface area contributed by atoms with Crippen molar-refractivity contribution in [2.75, 3.05) is 0 Å². The van der Waals surface area contributed by atoms with E-state index in [0.717, 1.165) is 16.8 Å². The van der Waals surface area contributed by atoms with Gasteiger partial charge in [0.05, 0.1) is 34.7 Å². The monoisotopic (exact) mass is 342 g/mol. The first-order valence-corrected chi connectivity index (χ1v) is 8.99. The van der Waals surface area contributed by atoms with Crippen LogP contribution >= 0.6 is 0 Å². The van der Waals surface area contributed by atoms with E-state index in [1.54, 1.807) is 0 Å². The van der Waals surface area contributed by atoms with Gasteiger partial charge in [0.15, 0.2) is 5.66 Å². The standard InChI is InChI=1S/C21H20N5/c1-13-9-10-16-18-17(13)19-23(4)11-12-24(19)21(2,3)26(18)20-22-14-7-5-6-8-15(14)25(16)20/h5-12H,1-4H3/q+1. The summed E-state index contributed by atoms with van der Waals surface area (Å²) in [6, 6.07) is 12.9. The van der Waals surface area contributed by atoms with Crippen molar-refractivity contribution in [1.82, 2.24) is 18.5 Å². The highest BCUT2D eigenvalue weighted by molar-refractivity contribution is 5.99. The van der Waals surface area contributed by atoms with E-state index in [1.807, 2.05) is 0 Å². The Hall–Kier alpha value is -3.08. The number of aryl methyl sites for hydroxylation is 2. The molecule has 6 rings (SSSR count). The molecule has 0 bridgehead atoms. The van der Waals surface area contributed by atoms with Crippen LogP contribution in [0.15, 0.2) is 48.8 Å². The molecule has 0 fully saturated rings. The van der Waals surface area contributed by atoms with Crippen LogP contribution in [0, 0.1) is 6.92 Å². The summed E-state index contributed by atoms with van der Waals surface area (Å²) in [5, 5.41) is 0. The minimum absolute atomic E-state index is 0.248. The Morgan fingerprint density at radius 3 is 2.69 bits per heavy atom. The summed E-state index contributed by atoms with van der Waals surface area (Å²) in [6.45, 7) is 6.73. The number of hydrogen-bond donors (Lipinski definition) is 0. The lowest BCUT2D eigenvalue weighted by atomic mass is 10.0. The first kappa shape index (κ1) is 14.1. The normalized spacial score (nSPS) is 15.2. The van der Waals surface area contributed by atoms with Gasteiger partial charge in [-0.3, -0.25) is 8.97 Å². The fourth-order valence-electron chi connectivity index (χ4n) is 4.71. The van der Waals surface area contributed by atoms with Gasteiger partial charge in [0.1, 0.15) is 12.4 Å². The molecule has 5 aromatic rings. The predicted octanol–water partition coefficient (Wildman–Crippen LogP) is 3.60. The van der Waals surface area contributed by atoms with Gasteiger partial charge < -0.3 is 0 Å². The first-order chi connectivity index (χ1) is 12.5. The Labute approximate surface area is 150 Å². The van der Waals surface area contributed by atoms with Crippen molar-refractivity contribution in [1.29, 1.82) is 0 Å². The molecule has 26 heavy (non-hydrogen) atoms. The number of imidazole rings is 3. The van der Waals surface area contributed by atoms with E-state index in [0.29, 0.717) is 0 Å². The molecule has 0 saturated carbocycles. The molecule has 1 aliphatic rings. The van der Waals surface area contributed by atoms with Crippen molar-refractivity contribution < 1.29 is 4.57 Å². The van der Waals surface area contributed by atoms with Crippen LogP contribution in [0.4, 0.5) is 0 Å². The van der Waals surface area contributed by atoms with Gasteiger partial charge >= 0.3 is 0 Å². The molecule has 0 spiro atoms. The number of fused-ring (bicyclic) bond motifs is 7. The molecule has 128 valence electrons. The number of nitrogens with zero attached hydrogens (tertiary/aromatic N) is 5. The molecule has 0 unspecified atom stereocenters. The van der Waals surface area contributed by atoms with Gasteiger partial charge in [-0.15, -0.1) is 0 Å². The highest BCUT2D eigenvalue weighted by atomic mass is 15.4. The highest BCUT2D eigenvalue weighted by Gasteiger charge is 2.42. The molecule has 0 atom stereocenters. The van der Waals surface area contributed by atoms with E-state index in [-0.39, 0.29) is 5.66 Å². The van der Waals surface area contributed by atoms with Crippen LogP contribution in [0.25, 0.3) is 39.2 Å². The molecule has 0 saturated heterocycles. The second kappa shape index (κ2) is 4.18. The van der Waals surface area contributed by atoms with E-state index in [2.05, 4.69) is 94.7 Å². The molecule has 0 aliphatic carbocycles. The molecule has 2 aromatic carbocycles. The lowest BCUT2D eigenvalue weighted by Crippen LogP contribution is -2.41. The predicted molar refractivity (Wildman–Crippen MR) is 102 cm³/mol. The summed E-state index contributed by atoms with van der Waals surface area (Å²) in [6.07, 6.45) is 4.32. The average Bonchev–Trinajstić information content (AvgIpc) is 3.25. The molecule has 0 amide bonds. The van der Waals surface area contributed by atoms with Gasteiger partial charge in [0, 0.05) is 0 Å². The van der Waals surface area contributed by atoms with Crippen molar-refractivity contribution in [2.45, 2.75) is 26.4 Å². The van der Waals surface area contributed by atoms with E-state index in [1.165, 1.54) is 28.0 Å². The molecule has 4 heterocycles. The minimum Gasteiger partial charge on any atom is -0.276 e. The number of benzene rings is 2. The maximum absolute atomic E-state index is 5.01. The van der Waals surface area contributed by atoms with Crippen LogP contribution in [0.2, 0.25) is 0 Å². The minimum atomic E-state index is -0.248. The summed E-state index contributed by atoms with van der Waals surface area (Å²) >= 11 is 0. The summed E-state index contributed by atoms with van der Waals surface area (Å²) in [4.78, 5) is 5.01. The van der Waals surface area contributed by atoms with Gasteiger partial charge in [-0.25, -0.2) is 14.1 Å². The lowest BCUT2D eigenvalue weighted by Gasteiger charge is -2.30. The summed E-state index contributed by atoms with van der Waals surface area (Å²) in [7, 11) is 2.12. The van der Waals surface area contributed by atoms with Gasteiger partial charge in [-0.05, 0) is 44.5 Å². The SMILES string of the molecule is Cc1ccc2c3c1-c1n(cc[n+]1C)C(C)(C)n3c1nc3ccccc3n21. The summed E-state index contributed by atoms with van der Waals surface area (Å²) in [5.74, 6) is 2.25. The number of rotatable bonds is 0. The zero-order valence-corrected chi connectivity index (χ0v) is 15.4. The third-order valence-electron chi connectivity index (χ3n) is 5.93. The number of hydrogen-bond acceptors (Lipinski definition) is 1. The Morgan fingerprint density at radius 1 is 1.04 bits per heavy atom. The van der Waals surface area contributed by atoms with Crippen molar-refractivity contribution in [3.05, 3.63) is 54.4 Å².